The second-order valence-corrected chi connectivity index (χ2v) is 5.86. The van der Waals surface area contributed by atoms with Gasteiger partial charge in [-0.2, -0.15) is 0 Å². The third kappa shape index (κ3) is 5.91. The standard InChI is InChI=1S/C15H23ClN2O3/c1-10(21-8-7-15(2,3)20-4)14(19)18-11-5-6-12(16)13(17)9-11/h5-6,9-10H,7-8,17H2,1-4H3,(H,18,19). The summed E-state index contributed by atoms with van der Waals surface area (Å²) < 4.78 is 10.8. The normalized spacial score (nSPS) is 13.0. The molecule has 0 fully saturated rings. The van der Waals surface area contributed by atoms with Crippen molar-refractivity contribution in [3.63, 3.8) is 0 Å². The molecule has 1 aromatic rings. The number of nitrogens with two attached hydrogens (primary N) is 1. The zero-order chi connectivity index (χ0) is 16.0. The van der Waals surface area contributed by atoms with Gasteiger partial charge in [0.25, 0.3) is 5.91 Å². The summed E-state index contributed by atoms with van der Waals surface area (Å²) in [6.45, 7) is 6.09. The predicted octanol–water partition coefficient (Wildman–Crippen LogP) is 3.08. The van der Waals surface area contributed by atoms with Crippen LogP contribution in [0.1, 0.15) is 27.2 Å². The fourth-order valence-electron chi connectivity index (χ4n) is 1.52. The average Bonchev–Trinajstić information content (AvgIpc) is 2.42. The minimum absolute atomic E-state index is 0.230. The number of amides is 1. The number of rotatable bonds is 7. The van der Waals surface area contributed by atoms with Crippen molar-refractivity contribution in [2.75, 3.05) is 24.8 Å². The van der Waals surface area contributed by atoms with Crippen LogP contribution in [0.4, 0.5) is 11.4 Å². The monoisotopic (exact) mass is 314 g/mol. The van der Waals surface area contributed by atoms with Gasteiger partial charge in [0.15, 0.2) is 0 Å². The molecule has 1 aromatic carbocycles. The number of methoxy groups -OCH3 is 1. The molecule has 3 N–H and O–H groups in total. The number of hydrogen-bond donors (Lipinski definition) is 2. The van der Waals surface area contributed by atoms with E-state index in [0.717, 1.165) is 0 Å². The van der Waals surface area contributed by atoms with E-state index in [-0.39, 0.29) is 11.5 Å². The lowest BCUT2D eigenvalue weighted by molar-refractivity contribution is -0.127. The Morgan fingerprint density at radius 2 is 2.14 bits per heavy atom. The number of anilines is 2. The number of carbonyl (C=O) groups excluding carboxylic acids is 1. The van der Waals surface area contributed by atoms with Crippen molar-refractivity contribution in [2.24, 2.45) is 0 Å². The number of benzene rings is 1. The summed E-state index contributed by atoms with van der Waals surface area (Å²) in [4.78, 5) is 12.0. The maximum Gasteiger partial charge on any atom is 0.253 e. The second-order valence-electron chi connectivity index (χ2n) is 5.45. The van der Waals surface area contributed by atoms with Crippen LogP contribution in [0.5, 0.6) is 0 Å². The Hall–Kier alpha value is -1.30. The number of nitrogens with one attached hydrogen (secondary N) is 1. The van der Waals surface area contributed by atoms with Gasteiger partial charge in [0.05, 0.1) is 22.9 Å². The molecule has 6 heteroatoms. The Morgan fingerprint density at radius 3 is 2.71 bits per heavy atom. The van der Waals surface area contributed by atoms with E-state index in [0.29, 0.717) is 29.4 Å². The van der Waals surface area contributed by atoms with E-state index in [9.17, 15) is 4.79 Å². The first-order valence-corrected chi connectivity index (χ1v) is 7.15. The molecule has 0 radical (unpaired) electrons. The van der Waals surface area contributed by atoms with E-state index in [1.807, 2.05) is 13.8 Å². The van der Waals surface area contributed by atoms with Gasteiger partial charge >= 0.3 is 0 Å². The Bertz CT molecular complexity index is 492. The quantitative estimate of drug-likeness (QED) is 0.759. The Morgan fingerprint density at radius 1 is 1.48 bits per heavy atom. The Balaban J connectivity index is 2.45. The van der Waals surface area contributed by atoms with Gasteiger partial charge in [0.2, 0.25) is 0 Å². The molecule has 5 nitrogen and oxygen atoms in total. The molecule has 0 aliphatic rings. The summed E-state index contributed by atoms with van der Waals surface area (Å²) in [5.41, 5.74) is 6.44. The maximum absolute atomic E-state index is 12.0. The van der Waals surface area contributed by atoms with E-state index in [4.69, 9.17) is 26.8 Å². The van der Waals surface area contributed by atoms with Crippen LogP contribution in [0.25, 0.3) is 0 Å². The summed E-state index contributed by atoms with van der Waals surface area (Å²) in [6, 6.07) is 4.94. The molecule has 118 valence electrons. The average molecular weight is 315 g/mol. The highest BCUT2D eigenvalue weighted by Gasteiger charge is 2.19. The van der Waals surface area contributed by atoms with Crippen LogP contribution in [-0.2, 0) is 14.3 Å². The molecule has 0 heterocycles. The highest BCUT2D eigenvalue weighted by molar-refractivity contribution is 6.33. The lowest BCUT2D eigenvalue weighted by Crippen LogP contribution is -2.31. The summed E-state index contributed by atoms with van der Waals surface area (Å²) in [6.07, 6.45) is 0.143. The van der Waals surface area contributed by atoms with Gasteiger partial charge in [-0.15, -0.1) is 0 Å². The fraction of sp³-hybridized carbons (Fsp3) is 0.533. The van der Waals surface area contributed by atoms with E-state index >= 15 is 0 Å². The van der Waals surface area contributed by atoms with Crippen molar-refractivity contribution in [3.8, 4) is 0 Å². The number of carbonyl (C=O) groups is 1. The zero-order valence-electron chi connectivity index (χ0n) is 12.9. The van der Waals surface area contributed by atoms with Crippen molar-refractivity contribution < 1.29 is 14.3 Å². The van der Waals surface area contributed by atoms with E-state index < -0.39 is 6.10 Å². The predicted molar refractivity (Wildman–Crippen MR) is 85.6 cm³/mol. The third-order valence-electron chi connectivity index (χ3n) is 3.26. The largest absolute Gasteiger partial charge is 0.397 e. The Kier molecular flexibility index (Phi) is 6.45. The highest BCUT2D eigenvalue weighted by atomic mass is 35.5. The third-order valence-corrected chi connectivity index (χ3v) is 3.60. The number of ether oxygens (including phenoxy) is 2. The molecule has 1 atom stereocenters. The smallest absolute Gasteiger partial charge is 0.253 e. The first kappa shape index (κ1) is 17.8. The minimum atomic E-state index is -0.561. The van der Waals surface area contributed by atoms with Gasteiger partial charge in [0, 0.05) is 12.8 Å². The van der Waals surface area contributed by atoms with Gasteiger partial charge in [0.1, 0.15) is 6.10 Å². The van der Waals surface area contributed by atoms with E-state index in [2.05, 4.69) is 5.32 Å². The molecule has 0 saturated heterocycles. The molecule has 0 spiro atoms. The molecule has 1 unspecified atom stereocenters. The summed E-state index contributed by atoms with van der Waals surface area (Å²) in [5.74, 6) is -0.230. The minimum Gasteiger partial charge on any atom is -0.397 e. The van der Waals surface area contributed by atoms with Crippen LogP contribution >= 0.6 is 11.6 Å². The first-order chi connectivity index (χ1) is 9.75. The van der Waals surface area contributed by atoms with E-state index in [1.54, 1.807) is 32.2 Å². The van der Waals surface area contributed by atoms with Crippen molar-refractivity contribution >= 4 is 28.9 Å². The van der Waals surface area contributed by atoms with Crippen LogP contribution in [0.15, 0.2) is 18.2 Å². The first-order valence-electron chi connectivity index (χ1n) is 6.78. The molecule has 0 bridgehead atoms. The fourth-order valence-corrected chi connectivity index (χ4v) is 1.64. The lowest BCUT2D eigenvalue weighted by Gasteiger charge is -2.23. The van der Waals surface area contributed by atoms with Gasteiger partial charge in [-0.1, -0.05) is 11.6 Å². The molecule has 1 rings (SSSR count). The summed E-state index contributed by atoms with van der Waals surface area (Å²) >= 11 is 5.83. The molecular formula is C15H23ClN2O3. The second kappa shape index (κ2) is 7.64. The lowest BCUT2D eigenvalue weighted by atomic mass is 10.1. The van der Waals surface area contributed by atoms with Crippen LogP contribution < -0.4 is 11.1 Å². The summed E-state index contributed by atoms with van der Waals surface area (Å²) in [5, 5.41) is 3.20. The van der Waals surface area contributed by atoms with Gasteiger partial charge in [-0.05, 0) is 45.4 Å². The van der Waals surface area contributed by atoms with Crippen molar-refractivity contribution in [1.29, 1.82) is 0 Å². The maximum atomic E-state index is 12.0. The highest BCUT2D eigenvalue weighted by Crippen LogP contribution is 2.22. The van der Waals surface area contributed by atoms with Crippen LogP contribution in [-0.4, -0.2) is 31.3 Å². The van der Waals surface area contributed by atoms with Gasteiger partial charge in [-0.25, -0.2) is 0 Å². The van der Waals surface area contributed by atoms with Crippen LogP contribution in [0, 0.1) is 0 Å². The van der Waals surface area contributed by atoms with Crippen LogP contribution in [0.3, 0.4) is 0 Å². The molecular weight excluding hydrogens is 292 g/mol. The van der Waals surface area contributed by atoms with Crippen molar-refractivity contribution in [3.05, 3.63) is 23.2 Å². The number of nitrogen functional groups attached to an aromatic ring is 1. The number of hydrogen-bond acceptors (Lipinski definition) is 4. The molecule has 0 aromatic heterocycles. The molecule has 1 amide bonds. The van der Waals surface area contributed by atoms with Crippen molar-refractivity contribution in [2.45, 2.75) is 38.9 Å². The molecule has 21 heavy (non-hydrogen) atoms. The molecule has 0 saturated carbocycles. The number of halogens is 1. The topological polar surface area (TPSA) is 73.6 Å². The zero-order valence-corrected chi connectivity index (χ0v) is 13.7. The SMILES string of the molecule is COC(C)(C)CCOC(C)C(=O)Nc1ccc(Cl)c(N)c1. The van der Waals surface area contributed by atoms with Gasteiger partial charge in [-0.3, -0.25) is 4.79 Å². The van der Waals surface area contributed by atoms with Gasteiger partial charge < -0.3 is 20.5 Å². The van der Waals surface area contributed by atoms with Crippen LogP contribution in [0.2, 0.25) is 5.02 Å². The van der Waals surface area contributed by atoms with E-state index in [1.165, 1.54) is 0 Å². The van der Waals surface area contributed by atoms with Crippen molar-refractivity contribution in [1.82, 2.24) is 0 Å². The molecule has 0 aliphatic carbocycles. The Labute approximate surface area is 130 Å². The summed E-state index contributed by atoms with van der Waals surface area (Å²) in [7, 11) is 1.65. The molecule has 0 aliphatic heterocycles.